The summed E-state index contributed by atoms with van der Waals surface area (Å²) in [6.07, 6.45) is 4.51. The third-order valence-corrected chi connectivity index (χ3v) is 5.37. The van der Waals surface area contributed by atoms with E-state index in [1.54, 1.807) is 0 Å². The highest BCUT2D eigenvalue weighted by Crippen LogP contribution is 2.62. The first-order valence-corrected chi connectivity index (χ1v) is 6.80. The van der Waals surface area contributed by atoms with Crippen molar-refractivity contribution in [3.05, 3.63) is 30.3 Å². The Morgan fingerprint density at radius 3 is 2.88 bits per heavy atom. The van der Waals surface area contributed by atoms with Crippen LogP contribution in [0.5, 0.6) is 0 Å². The largest absolute Gasteiger partial charge is 0.390 e. The molecule has 5 atom stereocenters. The number of para-hydroxylation sites is 1. The van der Waals surface area contributed by atoms with Gasteiger partial charge < -0.3 is 10.4 Å². The van der Waals surface area contributed by atoms with E-state index in [2.05, 4.69) is 35.6 Å². The first-order valence-electron chi connectivity index (χ1n) is 6.80. The molecule has 1 aromatic carbocycles. The zero-order chi connectivity index (χ0) is 11.5. The molecule has 2 bridgehead atoms. The zero-order valence-corrected chi connectivity index (χ0v) is 9.97. The standard InChI is InChI=1S/C15H19NO/c17-15-7-6-12-13(15)8-10(9-15)14(12)16-11-4-2-1-3-5-11/h1-5,10,12-14,16-17H,6-9H2/t10-,12-,13-,14-,15+/m1/s1. The van der Waals surface area contributed by atoms with Crippen LogP contribution in [-0.4, -0.2) is 16.7 Å². The monoisotopic (exact) mass is 229 g/mol. The minimum atomic E-state index is -0.287. The summed E-state index contributed by atoms with van der Waals surface area (Å²) in [7, 11) is 0. The second kappa shape index (κ2) is 3.26. The summed E-state index contributed by atoms with van der Waals surface area (Å²) in [6, 6.07) is 11.1. The number of nitrogens with one attached hydrogen (secondary N) is 1. The van der Waals surface area contributed by atoms with Crippen LogP contribution in [0.1, 0.15) is 25.7 Å². The van der Waals surface area contributed by atoms with Crippen molar-refractivity contribution in [3.63, 3.8) is 0 Å². The van der Waals surface area contributed by atoms with Gasteiger partial charge in [0.15, 0.2) is 0 Å². The van der Waals surface area contributed by atoms with Gasteiger partial charge in [0.25, 0.3) is 0 Å². The third-order valence-electron chi connectivity index (χ3n) is 5.37. The van der Waals surface area contributed by atoms with Gasteiger partial charge in [0.05, 0.1) is 5.60 Å². The third kappa shape index (κ3) is 1.30. The molecule has 0 spiro atoms. The molecule has 3 fully saturated rings. The maximum atomic E-state index is 10.5. The van der Waals surface area contributed by atoms with Gasteiger partial charge in [-0.05, 0) is 55.6 Å². The molecule has 0 unspecified atom stereocenters. The van der Waals surface area contributed by atoms with E-state index in [0.29, 0.717) is 23.8 Å². The lowest BCUT2D eigenvalue weighted by atomic mass is 9.82. The Kier molecular flexibility index (Phi) is 1.91. The molecule has 2 N–H and O–H groups in total. The first-order chi connectivity index (χ1) is 8.26. The number of hydrogen-bond donors (Lipinski definition) is 2. The Balaban J connectivity index is 1.58. The lowest BCUT2D eigenvalue weighted by Gasteiger charge is -2.34. The van der Waals surface area contributed by atoms with Crippen LogP contribution < -0.4 is 5.32 Å². The molecule has 2 heteroatoms. The van der Waals surface area contributed by atoms with Crippen molar-refractivity contribution < 1.29 is 5.11 Å². The molecule has 90 valence electrons. The van der Waals surface area contributed by atoms with Crippen LogP contribution in [-0.2, 0) is 0 Å². The van der Waals surface area contributed by atoms with Crippen LogP contribution in [0.15, 0.2) is 30.3 Å². The highest BCUT2D eigenvalue weighted by atomic mass is 16.3. The molecule has 3 aliphatic carbocycles. The molecule has 0 saturated heterocycles. The number of hydrogen-bond acceptors (Lipinski definition) is 2. The fourth-order valence-electron chi connectivity index (χ4n) is 4.72. The molecular weight excluding hydrogens is 210 g/mol. The molecule has 0 aliphatic heterocycles. The molecule has 3 aliphatic rings. The second-order valence-corrected chi connectivity index (χ2v) is 6.15. The molecule has 3 saturated carbocycles. The van der Waals surface area contributed by atoms with Crippen LogP contribution >= 0.6 is 0 Å². The van der Waals surface area contributed by atoms with E-state index in [4.69, 9.17) is 0 Å². The topological polar surface area (TPSA) is 32.3 Å². The number of anilines is 1. The van der Waals surface area contributed by atoms with E-state index in [9.17, 15) is 5.11 Å². The molecule has 2 nitrogen and oxygen atoms in total. The summed E-state index contributed by atoms with van der Waals surface area (Å²) in [5.41, 5.74) is 0.949. The Labute approximate surface area is 102 Å². The first kappa shape index (κ1) is 9.95. The molecular formula is C15H19NO. The summed E-state index contributed by atoms with van der Waals surface area (Å²) >= 11 is 0. The lowest BCUT2D eigenvalue weighted by Crippen LogP contribution is -2.40. The normalized spacial score (nSPS) is 46.4. The second-order valence-electron chi connectivity index (χ2n) is 6.15. The van der Waals surface area contributed by atoms with E-state index in [1.165, 1.54) is 18.5 Å². The molecule has 0 heterocycles. The van der Waals surface area contributed by atoms with Crippen molar-refractivity contribution in [2.24, 2.45) is 17.8 Å². The minimum absolute atomic E-state index is 0.287. The van der Waals surface area contributed by atoms with E-state index in [1.807, 2.05) is 0 Å². The summed E-state index contributed by atoms with van der Waals surface area (Å²) < 4.78 is 0. The molecule has 1 aromatic rings. The highest BCUT2D eigenvalue weighted by Gasteiger charge is 2.63. The Hall–Kier alpha value is -1.02. The van der Waals surface area contributed by atoms with Crippen molar-refractivity contribution in [2.45, 2.75) is 37.3 Å². The van der Waals surface area contributed by atoms with Crippen LogP contribution in [0.4, 0.5) is 5.69 Å². The highest BCUT2D eigenvalue weighted by molar-refractivity contribution is 5.45. The molecule has 4 rings (SSSR count). The van der Waals surface area contributed by atoms with E-state index >= 15 is 0 Å². The Morgan fingerprint density at radius 2 is 2.06 bits per heavy atom. The van der Waals surface area contributed by atoms with Gasteiger partial charge in [-0.2, -0.15) is 0 Å². The van der Waals surface area contributed by atoms with E-state index in [0.717, 1.165) is 12.8 Å². The lowest BCUT2D eigenvalue weighted by molar-refractivity contribution is 0.000228. The van der Waals surface area contributed by atoms with Crippen LogP contribution in [0.3, 0.4) is 0 Å². The summed E-state index contributed by atoms with van der Waals surface area (Å²) in [5.74, 6) is 1.98. The zero-order valence-electron chi connectivity index (χ0n) is 9.97. The minimum Gasteiger partial charge on any atom is -0.390 e. The maximum absolute atomic E-state index is 10.5. The number of benzene rings is 1. The van der Waals surface area contributed by atoms with Gasteiger partial charge in [0.2, 0.25) is 0 Å². The Bertz CT molecular complexity index is 432. The quantitative estimate of drug-likeness (QED) is 0.817. The Morgan fingerprint density at radius 1 is 1.24 bits per heavy atom. The number of aliphatic hydroxyl groups is 1. The van der Waals surface area contributed by atoms with Crippen molar-refractivity contribution >= 4 is 5.69 Å². The van der Waals surface area contributed by atoms with Crippen molar-refractivity contribution in [1.29, 1.82) is 0 Å². The average molecular weight is 229 g/mol. The van der Waals surface area contributed by atoms with Crippen LogP contribution in [0.25, 0.3) is 0 Å². The van der Waals surface area contributed by atoms with Gasteiger partial charge in [0, 0.05) is 11.7 Å². The molecule has 0 amide bonds. The fraction of sp³-hybridized carbons (Fsp3) is 0.600. The van der Waals surface area contributed by atoms with Crippen molar-refractivity contribution in [2.75, 3.05) is 5.32 Å². The van der Waals surface area contributed by atoms with E-state index in [-0.39, 0.29) is 5.60 Å². The fourth-order valence-corrected chi connectivity index (χ4v) is 4.72. The predicted molar refractivity (Wildman–Crippen MR) is 67.7 cm³/mol. The molecule has 0 radical (unpaired) electrons. The van der Waals surface area contributed by atoms with Gasteiger partial charge in [-0.25, -0.2) is 0 Å². The van der Waals surface area contributed by atoms with Crippen LogP contribution in [0.2, 0.25) is 0 Å². The molecule has 0 aromatic heterocycles. The van der Waals surface area contributed by atoms with Crippen molar-refractivity contribution in [1.82, 2.24) is 0 Å². The smallest absolute Gasteiger partial charge is 0.0682 e. The number of fused-ring (bicyclic) bond motifs is 1. The van der Waals surface area contributed by atoms with E-state index < -0.39 is 0 Å². The summed E-state index contributed by atoms with van der Waals surface area (Å²) in [5, 5.41) is 14.2. The predicted octanol–water partition coefficient (Wildman–Crippen LogP) is 2.65. The maximum Gasteiger partial charge on any atom is 0.0682 e. The average Bonchev–Trinajstić information content (AvgIpc) is 2.89. The van der Waals surface area contributed by atoms with Gasteiger partial charge in [-0.3, -0.25) is 0 Å². The van der Waals surface area contributed by atoms with Crippen LogP contribution in [0, 0.1) is 17.8 Å². The van der Waals surface area contributed by atoms with Gasteiger partial charge >= 0.3 is 0 Å². The van der Waals surface area contributed by atoms with Gasteiger partial charge in [0.1, 0.15) is 0 Å². The van der Waals surface area contributed by atoms with Gasteiger partial charge in [-0.15, -0.1) is 0 Å². The van der Waals surface area contributed by atoms with Crippen molar-refractivity contribution in [3.8, 4) is 0 Å². The summed E-state index contributed by atoms with van der Waals surface area (Å²) in [4.78, 5) is 0. The SMILES string of the molecule is O[C@]12CC[C@H]3[C@H](Nc4ccccc4)[C@H](C[C@H]31)C2. The molecule has 17 heavy (non-hydrogen) atoms. The summed E-state index contributed by atoms with van der Waals surface area (Å²) in [6.45, 7) is 0. The van der Waals surface area contributed by atoms with Gasteiger partial charge in [-0.1, -0.05) is 18.2 Å². The number of rotatable bonds is 2.